The molecule has 9 nitrogen and oxygen atoms in total. The molecule has 0 amide bonds. The van der Waals surface area contributed by atoms with Gasteiger partial charge in [-0.25, -0.2) is 19.2 Å². The number of esters is 4. The Morgan fingerprint density at radius 3 is 1.43 bits per heavy atom. The lowest BCUT2D eigenvalue weighted by Crippen LogP contribution is -2.58. The molecule has 0 bridgehead atoms. The highest BCUT2D eigenvalue weighted by Gasteiger charge is 2.49. The van der Waals surface area contributed by atoms with E-state index in [4.69, 9.17) is 23.7 Å². The Bertz CT molecular complexity index is 726. The van der Waals surface area contributed by atoms with Crippen molar-refractivity contribution in [3.63, 3.8) is 0 Å². The van der Waals surface area contributed by atoms with Crippen LogP contribution in [0.5, 0.6) is 0 Å². The Balaban J connectivity index is 3.32. The zero-order valence-electron chi connectivity index (χ0n) is 17.5. The Morgan fingerprint density at radius 2 is 1.00 bits per heavy atom. The average molecular weight is 422 g/mol. The summed E-state index contributed by atoms with van der Waals surface area (Å²) < 4.78 is 26.6. The Hall–Kier alpha value is -3.20. The molecule has 0 spiro atoms. The molecule has 0 aliphatic carbocycles. The highest BCUT2D eigenvalue weighted by Crippen LogP contribution is 2.27. The third-order valence-electron chi connectivity index (χ3n) is 3.74. The van der Waals surface area contributed by atoms with Crippen LogP contribution in [-0.4, -0.2) is 55.1 Å². The van der Waals surface area contributed by atoms with E-state index in [9.17, 15) is 19.2 Å². The molecule has 1 aliphatic rings. The minimum atomic E-state index is -1.46. The molecule has 1 rings (SSSR count). The molecule has 1 saturated heterocycles. The van der Waals surface area contributed by atoms with Gasteiger partial charge < -0.3 is 23.7 Å². The predicted molar refractivity (Wildman–Crippen MR) is 105 cm³/mol. The van der Waals surface area contributed by atoms with E-state index in [0.717, 1.165) is 0 Å². The van der Waals surface area contributed by atoms with Gasteiger partial charge in [-0.15, -0.1) is 0 Å². The molecular weight excluding hydrogens is 396 g/mol. The van der Waals surface area contributed by atoms with Crippen LogP contribution in [0.4, 0.5) is 0 Å². The number of ether oxygens (including phenoxy) is 5. The summed E-state index contributed by atoms with van der Waals surface area (Å²) in [5.41, 5.74) is 0.235. The Morgan fingerprint density at radius 1 is 0.633 bits per heavy atom. The summed E-state index contributed by atoms with van der Waals surface area (Å²) in [5.74, 6) is -3.29. The summed E-state index contributed by atoms with van der Waals surface area (Å²) in [4.78, 5) is 48.3. The van der Waals surface area contributed by atoms with Crippen molar-refractivity contribution in [1.82, 2.24) is 0 Å². The van der Waals surface area contributed by atoms with Crippen LogP contribution in [0.3, 0.4) is 0 Å². The first kappa shape index (κ1) is 24.8. The molecule has 30 heavy (non-hydrogen) atoms. The molecule has 0 aromatic carbocycles. The van der Waals surface area contributed by atoms with Crippen molar-refractivity contribution in [3.8, 4) is 0 Å². The molecule has 0 saturated carbocycles. The standard InChI is InChI=1S/C21H26O9/c1-10(2)17(22)27-14-9-26-21(30-20(25)13(7)8)16(29-19(24)12(5)6)15(14)28-18(23)11(3)4/h14-16,21H,1,3,5,7,9H2,2,4,6,8H3/t14-,15+,16-,21?/m1/s1. The molecule has 164 valence electrons. The largest absolute Gasteiger partial charge is 0.452 e. The van der Waals surface area contributed by atoms with Gasteiger partial charge in [0.1, 0.15) is 0 Å². The lowest BCUT2D eigenvalue weighted by atomic mass is 10.0. The van der Waals surface area contributed by atoms with E-state index >= 15 is 0 Å². The molecule has 1 fully saturated rings. The molecule has 9 heteroatoms. The quantitative estimate of drug-likeness (QED) is 0.329. The second-order valence-electron chi connectivity index (χ2n) is 6.91. The fourth-order valence-electron chi connectivity index (χ4n) is 2.11. The maximum absolute atomic E-state index is 12.2. The highest BCUT2D eigenvalue weighted by molar-refractivity contribution is 5.89. The van der Waals surface area contributed by atoms with Crippen molar-refractivity contribution in [1.29, 1.82) is 0 Å². The molecule has 4 atom stereocenters. The second-order valence-corrected chi connectivity index (χ2v) is 6.91. The fraction of sp³-hybridized carbons (Fsp3) is 0.429. The van der Waals surface area contributed by atoms with Gasteiger partial charge in [0.25, 0.3) is 0 Å². The lowest BCUT2D eigenvalue weighted by molar-refractivity contribution is -0.272. The van der Waals surface area contributed by atoms with Crippen molar-refractivity contribution in [2.75, 3.05) is 6.61 Å². The third-order valence-corrected chi connectivity index (χ3v) is 3.74. The van der Waals surface area contributed by atoms with Crippen molar-refractivity contribution < 1.29 is 42.9 Å². The van der Waals surface area contributed by atoms with Crippen LogP contribution in [-0.2, 0) is 42.9 Å². The van der Waals surface area contributed by atoms with Gasteiger partial charge in [-0.3, -0.25) is 0 Å². The van der Waals surface area contributed by atoms with Crippen LogP contribution < -0.4 is 0 Å². The third kappa shape index (κ3) is 6.70. The number of carbonyl (C=O) groups is 4. The fourth-order valence-corrected chi connectivity index (χ4v) is 2.11. The number of rotatable bonds is 8. The number of hydrogen-bond donors (Lipinski definition) is 0. The maximum atomic E-state index is 12.2. The smallest absolute Gasteiger partial charge is 0.335 e. The summed E-state index contributed by atoms with van der Waals surface area (Å²) in [6, 6.07) is 0. The van der Waals surface area contributed by atoms with Gasteiger partial charge >= 0.3 is 23.9 Å². The predicted octanol–water partition coefficient (Wildman–Crippen LogP) is 1.93. The molecule has 0 aromatic rings. The van der Waals surface area contributed by atoms with Crippen molar-refractivity contribution in [3.05, 3.63) is 48.6 Å². The van der Waals surface area contributed by atoms with Gasteiger partial charge in [0, 0.05) is 22.3 Å². The molecule has 1 unspecified atom stereocenters. The van der Waals surface area contributed by atoms with Crippen LogP contribution >= 0.6 is 0 Å². The van der Waals surface area contributed by atoms with E-state index in [1.807, 2.05) is 0 Å². The summed E-state index contributed by atoms with van der Waals surface area (Å²) in [7, 11) is 0. The van der Waals surface area contributed by atoms with E-state index in [1.54, 1.807) is 0 Å². The SMILES string of the molecule is C=C(C)C(=O)OC1OC[C@@H](OC(=O)C(=C)C)[C@H](OC(=O)C(=C)C)[C@H]1OC(=O)C(=C)C. The molecule has 0 radical (unpaired) electrons. The molecule has 1 aliphatic heterocycles. The van der Waals surface area contributed by atoms with E-state index in [1.165, 1.54) is 27.7 Å². The van der Waals surface area contributed by atoms with E-state index in [0.29, 0.717) is 0 Å². The normalized spacial score (nSPS) is 22.8. The first-order valence-electron chi connectivity index (χ1n) is 8.92. The van der Waals surface area contributed by atoms with Crippen LogP contribution in [0.15, 0.2) is 48.6 Å². The Labute approximate surface area is 174 Å². The van der Waals surface area contributed by atoms with Crippen LogP contribution in [0, 0.1) is 0 Å². The van der Waals surface area contributed by atoms with Gasteiger partial charge in [0.15, 0.2) is 12.2 Å². The van der Waals surface area contributed by atoms with Gasteiger partial charge in [0.2, 0.25) is 12.4 Å². The zero-order chi connectivity index (χ0) is 23.2. The van der Waals surface area contributed by atoms with Gasteiger partial charge in [-0.05, 0) is 27.7 Å². The van der Waals surface area contributed by atoms with Crippen molar-refractivity contribution in [2.24, 2.45) is 0 Å². The molecule has 0 aromatic heterocycles. The van der Waals surface area contributed by atoms with Crippen LogP contribution in [0.1, 0.15) is 27.7 Å². The second kappa shape index (κ2) is 10.5. The monoisotopic (exact) mass is 422 g/mol. The topological polar surface area (TPSA) is 114 Å². The highest BCUT2D eigenvalue weighted by atomic mass is 16.7. The molecule has 1 heterocycles. The summed E-state index contributed by atoms with van der Waals surface area (Å²) in [6.45, 7) is 19.3. The first-order chi connectivity index (χ1) is 13.8. The van der Waals surface area contributed by atoms with E-state index in [2.05, 4.69) is 26.3 Å². The number of hydrogen-bond acceptors (Lipinski definition) is 9. The minimum absolute atomic E-state index is 0.0333. The summed E-state index contributed by atoms with van der Waals surface area (Å²) in [6.07, 6.45) is -5.46. The lowest BCUT2D eigenvalue weighted by Gasteiger charge is -2.40. The first-order valence-corrected chi connectivity index (χ1v) is 8.92. The van der Waals surface area contributed by atoms with Crippen LogP contribution in [0.2, 0.25) is 0 Å². The van der Waals surface area contributed by atoms with Gasteiger partial charge in [0.05, 0.1) is 6.61 Å². The average Bonchev–Trinajstić information content (AvgIpc) is 2.64. The molecule has 0 N–H and O–H groups in total. The molecular formula is C21H26O9. The zero-order valence-corrected chi connectivity index (χ0v) is 17.5. The maximum Gasteiger partial charge on any atom is 0.335 e. The van der Waals surface area contributed by atoms with E-state index in [-0.39, 0.29) is 28.9 Å². The van der Waals surface area contributed by atoms with Crippen molar-refractivity contribution in [2.45, 2.75) is 52.3 Å². The number of carbonyl (C=O) groups excluding carboxylic acids is 4. The van der Waals surface area contributed by atoms with Gasteiger partial charge in [-0.1, -0.05) is 26.3 Å². The Kier molecular flexibility index (Phi) is 8.73. The van der Waals surface area contributed by atoms with Gasteiger partial charge in [-0.2, -0.15) is 0 Å². The summed E-state index contributed by atoms with van der Waals surface area (Å²) in [5, 5.41) is 0. The summed E-state index contributed by atoms with van der Waals surface area (Å²) >= 11 is 0. The van der Waals surface area contributed by atoms with E-state index < -0.39 is 48.5 Å². The van der Waals surface area contributed by atoms with Crippen LogP contribution in [0.25, 0.3) is 0 Å². The van der Waals surface area contributed by atoms with Crippen molar-refractivity contribution >= 4 is 23.9 Å². The minimum Gasteiger partial charge on any atom is -0.452 e.